The maximum Gasteiger partial charge on any atom is 0.673 e. The summed E-state index contributed by atoms with van der Waals surface area (Å²) in [5.41, 5.74) is 0.00873. The van der Waals surface area contributed by atoms with Crippen LogP contribution >= 0.6 is 11.8 Å². The number of thioether (sulfide) groups is 1. The monoisotopic (exact) mass is 338 g/mol. The number of hydrogen-bond donors (Lipinski definition) is 0. The van der Waals surface area contributed by atoms with E-state index in [0.717, 1.165) is 12.1 Å². The molecule has 12 heteroatoms. The molecule has 21 heavy (non-hydrogen) atoms. The van der Waals surface area contributed by atoms with Gasteiger partial charge in [0.2, 0.25) is 11.2 Å². The minimum Gasteiger partial charge on any atom is -0.418 e. The molecule has 1 aromatic carbocycles. The van der Waals surface area contributed by atoms with E-state index in [1.54, 1.807) is 0 Å². The Bertz CT molecular complexity index is 516. The lowest BCUT2D eigenvalue weighted by Gasteiger charge is -2.07. The van der Waals surface area contributed by atoms with Gasteiger partial charge >= 0.3 is 19.1 Å². The summed E-state index contributed by atoms with van der Waals surface area (Å²) in [4.78, 5) is 2.89. The first-order valence-corrected chi connectivity index (χ1v) is 6.04. The molecule has 1 aromatic rings. The van der Waals surface area contributed by atoms with E-state index >= 15 is 0 Å². The van der Waals surface area contributed by atoms with Crippen molar-refractivity contribution in [3.05, 3.63) is 28.5 Å². The van der Waals surface area contributed by atoms with E-state index in [1.165, 1.54) is 6.92 Å². The van der Waals surface area contributed by atoms with Crippen molar-refractivity contribution < 1.29 is 34.8 Å². The van der Waals surface area contributed by atoms with Crippen LogP contribution in [0.1, 0.15) is 5.56 Å². The van der Waals surface area contributed by atoms with Crippen LogP contribution in [-0.2, 0) is 0 Å². The molecule has 0 heterocycles. The van der Waals surface area contributed by atoms with Crippen molar-refractivity contribution in [3.63, 3.8) is 0 Å². The molecular formula is C9H7BF8N2S. The standard InChI is InChI=1S/C9H7F4N2S.BF4/c1-5-2-6(10)7(15-14)3-8(5)16-4-9(11,12)13;2-1(3,4)5/h2-3H,4H2,1H3;/q+1;-1. The Morgan fingerprint density at radius 1 is 1.19 bits per heavy atom. The first-order chi connectivity index (χ1) is 9.33. The number of aryl methyl sites for hydroxylation is 1. The van der Waals surface area contributed by atoms with Gasteiger partial charge in [0, 0.05) is 4.90 Å². The molecule has 0 aliphatic carbocycles. The average molecular weight is 338 g/mol. The van der Waals surface area contributed by atoms with Gasteiger partial charge in [0.05, 0.1) is 11.8 Å². The summed E-state index contributed by atoms with van der Waals surface area (Å²) in [6, 6.07) is 2.12. The number of diazo groups is 1. The molecule has 0 aromatic heterocycles. The van der Waals surface area contributed by atoms with Gasteiger partial charge in [-0.25, -0.2) is 0 Å². The third-order valence-electron chi connectivity index (χ3n) is 1.74. The predicted molar refractivity (Wildman–Crippen MR) is 62.8 cm³/mol. The van der Waals surface area contributed by atoms with Crippen molar-refractivity contribution >= 4 is 24.7 Å². The van der Waals surface area contributed by atoms with Gasteiger partial charge in [-0.3, -0.25) is 0 Å². The second-order valence-corrected chi connectivity index (χ2v) is 4.59. The average Bonchev–Trinajstić information content (AvgIpc) is 2.24. The van der Waals surface area contributed by atoms with Gasteiger partial charge in [-0.2, -0.15) is 17.6 Å². The lowest BCUT2D eigenvalue weighted by Crippen LogP contribution is -2.10. The minimum absolute atomic E-state index is 0.242. The Morgan fingerprint density at radius 3 is 2.05 bits per heavy atom. The third kappa shape index (κ3) is 9.94. The number of benzene rings is 1. The van der Waals surface area contributed by atoms with Crippen LogP contribution in [-0.4, -0.2) is 19.2 Å². The van der Waals surface area contributed by atoms with E-state index in [9.17, 15) is 34.8 Å². The molecule has 2 nitrogen and oxygen atoms in total. The quantitative estimate of drug-likeness (QED) is 0.305. The molecule has 1 rings (SSSR count). The Hall–Kier alpha value is -1.51. The predicted octanol–water partition coefficient (Wildman–Crippen LogP) is 5.57. The Kier molecular flexibility index (Phi) is 6.95. The molecule has 0 spiro atoms. The zero-order valence-corrected chi connectivity index (χ0v) is 11.1. The van der Waals surface area contributed by atoms with Crippen molar-refractivity contribution in [1.29, 1.82) is 5.39 Å². The molecule has 0 aliphatic rings. The van der Waals surface area contributed by atoms with E-state index in [4.69, 9.17) is 5.39 Å². The van der Waals surface area contributed by atoms with E-state index in [0.29, 0.717) is 17.3 Å². The van der Waals surface area contributed by atoms with Crippen molar-refractivity contribution in [2.75, 3.05) is 5.75 Å². The van der Waals surface area contributed by atoms with Gasteiger partial charge in [0.15, 0.2) is 4.98 Å². The van der Waals surface area contributed by atoms with Crippen LogP contribution in [0.15, 0.2) is 17.0 Å². The Labute approximate surface area is 118 Å². The molecule has 0 unspecified atom stereocenters. The molecule has 0 aliphatic heterocycles. The van der Waals surface area contributed by atoms with Gasteiger partial charge in [-0.1, -0.05) is 0 Å². The Balaban J connectivity index is 0.000000690. The highest BCUT2D eigenvalue weighted by atomic mass is 32.2. The number of alkyl halides is 3. The highest BCUT2D eigenvalue weighted by Crippen LogP contribution is 2.33. The van der Waals surface area contributed by atoms with Crippen LogP contribution < -0.4 is 0 Å². The highest BCUT2D eigenvalue weighted by Gasteiger charge is 2.28. The van der Waals surface area contributed by atoms with Crippen LogP contribution in [0.3, 0.4) is 0 Å². The molecule has 0 atom stereocenters. The summed E-state index contributed by atoms with van der Waals surface area (Å²) >= 11 is 0.529. The third-order valence-corrected chi connectivity index (χ3v) is 2.97. The Morgan fingerprint density at radius 2 is 1.67 bits per heavy atom. The second-order valence-electron chi connectivity index (χ2n) is 3.57. The van der Waals surface area contributed by atoms with E-state index < -0.39 is 25.0 Å². The topological polar surface area (TPSA) is 28.1 Å². The van der Waals surface area contributed by atoms with Crippen LogP contribution in [0.2, 0.25) is 0 Å². The van der Waals surface area contributed by atoms with E-state index in [2.05, 4.69) is 4.98 Å². The van der Waals surface area contributed by atoms with Crippen molar-refractivity contribution in [2.24, 2.45) is 0 Å². The van der Waals surface area contributed by atoms with Gasteiger partial charge in [0.25, 0.3) is 0 Å². The summed E-state index contributed by atoms with van der Waals surface area (Å²) in [6.45, 7) is 1.49. The molecule has 0 saturated carbocycles. The fraction of sp³-hybridized carbons (Fsp3) is 0.333. The first-order valence-electron chi connectivity index (χ1n) is 5.05. The second kappa shape index (κ2) is 7.49. The smallest absolute Gasteiger partial charge is 0.418 e. The number of hydrogen-bond acceptors (Lipinski definition) is 2. The molecular weight excluding hydrogens is 331 g/mol. The minimum atomic E-state index is -6.00. The van der Waals surface area contributed by atoms with Gasteiger partial charge in [-0.05, 0) is 18.6 Å². The number of halogens is 8. The van der Waals surface area contributed by atoms with E-state index in [1.807, 2.05) is 0 Å². The van der Waals surface area contributed by atoms with Crippen molar-refractivity contribution in [2.45, 2.75) is 18.0 Å². The summed E-state index contributed by atoms with van der Waals surface area (Å²) in [5, 5.41) is 8.42. The molecule has 0 saturated heterocycles. The number of rotatable bonds is 2. The molecule has 0 fully saturated rings. The van der Waals surface area contributed by atoms with E-state index in [-0.39, 0.29) is 10.6 Å². The van der Waals surface area contributed by atoms with Gasteiger partial charge in [-0.15, -0.1) is 11.8 Å². The molecule has 0 N–H and O–H groups in total. The van der Waals surface area contributed by atoms with Crippen LogP contribution in [0.25, 0.3) is 4.98 Å². The summed E-state index contributed by atoms with van der Waals surface area (Å²) in [7, 11) is -6.00. The number of nitrogens with zero attached hydrogens (tertiary/aromatic N) is 2. The summed E-state index contributed by atoms with van der Waals surface area (Å²) in [6.07, 6.45) is -4.29. The molecule has 0 bridgehead atoms. The fourth-order valence-corrected chi connectivity index (χ4v) is 1.83. The normalized spacial score (nSPS) is 11.4. The SMILES string of the molecule is Cc1cc(F)c([N+]#N)cc1SCC(F)(F)F.F[B-](F)(F)F. The van der Waals surface area contributed by atoms with Crippen molar-refractivity contribution in [3.8, 4) is 0 Å². The lowest BCUT2D eigenvalue weighted by atomic mass is 10.2. The van der Waals surface area contributed by atoms with Crippen molar-refractivity contribution in [1.82, 2.24) is 0 Å². The zero-order valence-electron chi connectivity index (χ0n) is 10.3. The zero-order chi connectivity index (χ0) is 16.8. The highest BCUT2D eigenvalue weighted by molar-refractivity contribution is 7.99. The van der Waals surface area contributed by atoms with Crippen LogP contribution in [0.5, 0.6) is 0 Å². The summed E-state index contributed by atoms with van der Waals surface area (Å²) < 4.78 is 87.9. The largest absolute Gasteiger partial charge is 0.673 e. The maximum absolute atomic E-state index is 13.0. The maximum atomic E-state index is 13.0. The van der Waals surface area contributed by atoms with Crippen LogP contribution in [0.4, 0.5) is 40.5 Å². The first kappa shape index (κ1) is 19.5. The fourth-order valence-electron chi connectivity index (χ4n) is 1.03. The van der Waals surface area contributed by atoms with Gasteiger partial charge < -0.3 is 17.3 Å². The van der Waals surface area contributed by atoms with Gasteiger partial charge in [0.1, 0.15) is 0 Å². The molecule has 0 amide bonds. The summed E-state index contributed by atoms with van der Waals surface area (Å²) in [5.74, 6) is -1.83. The molecule has 0 radical (unpaired) electrons. The van der Waals surface area contributed by atoms with Crippen LogP contribution in [0, 0.1) is 18.1 Å². The molecule has 118 valence electrons. The lowest BCUT2D eigenvalue weighted by molar-refractivity contribution is -0.105.